The van der Waals surface area contributed by atoms with Gasteiger partial charge in [-0.05, 0) is 73.5 Å². The van der Waals surface area contributed by atoms with E-state index in [0.717, 1.165) is 16.7 Å². The van der Waals surface area contributed by atoms with E-state index in [2.05, 4.69) is 15.4 Å². The fraction of sp³-hybridized carbons (Fsp3) is 0.0870. The lowest BCUT2D eigenvalue weighted by molar-refractivity contribution is 0.101. The van der Waals surface area contributed by atoms with Crippen molar-refractivity contribution in [3.05, 3.63) is 93.7 Å². The maximum atomic E-state index is 12.8. The molecule has 1 amide bonds. The molecule has 150 valence electrons. The molecule has 5 nitrogen and oxygen atoms in total. The number of hydrogen-bond donors (Lipinski definition) is 1. The van der Waals surface area contributed by atoms with Gasteiger partial charge in [-0.15, -0.1) is 5.10 Å². The van der Waals surface area contributed by atoms with Crippen molar-refractivity contribution in [2.75, 3.05) is 5.32 Å². The number of benzene rings is 3. The van der Waals surface area contributed by atoms with Crippen LogP contribution in [-0.2, 0) is 0 Å². The SMILES string of the molecule is Cc1cccc(NC(=O)c2nc(-c3ccc(Cl)cc3)n(-c3ccc(C)c(Cl)c3)n2)c1. The Hall–Kier alpha value is -3.15. The minimum absolute atomic E-state index is 0.0538. The standard InChI is InChI=1S/C23H18Cl2N4O/c1-14-4-3-5-18(12-14)26-23(30)21-27-22(16-7-9-17(24)10-8-16)29(28-21)19-11-6-15(2)20(25)13-19/h3-13H,1-2H3,(H,26,30). The van der Waals surface area contributed by atoms with Crippen LogP contribution >= 0.6 is 23.2 Å². The number of carbonyl (C=O) groups excluding carboxylic acids is 1. The predicted molar refractivity (Wildman–Crippen MR) is 121 cm³/mol. The summed E-state index contributed by atoms with van der Waals surface area (Å²) < 4.78 is 1.61. The minimum Gasteiger partial charge on any atom is -0.319 e. The molecule has 0 aliphatic rings. The maximum absolute atomic E-state index is 12.8. The molecule has 3 aromatic carbocycles. The van der Waals surface area contributed by atoms with Gasteiger partial charge >= 0.3 is 0 Å². The third kappa shape index (κ3) is 4.22. The summed E-state index contributed by atoms with van der Waals surface area (Å²) in [5.41, 5.74) is 4.16. The average molecular weight is 437 g/mol. The quantitative estimate of drug-likeness (QED) is 0.419. The Morgan fingerprint density at radius 3 is 2.43 bits per heavy atom. The van der Waals surface area contributed by atoms with Crippen molar-refractivity contribution in [3.8, 4) is 17.1 Å². The van der Waals surface area contributed by atoms with Gasteiger partial charge in [-0.3, -0.25) is 4.79 Å². The van der Waals surface area contributed by atoms with Crippen LogP contribution in [0.3, 0.4) is 0 Å². The maximum Gasteiger partial charge on any atom is 0.295 e. The molecule has 30 heavy (non-hydrogen) atoms. The molecule has 0 saturated heterocycles. The van der Waals surface area contributed by atoms with Crippen LogP contribution in [0.2, 0.25) is 10.0 Å². The van der Waals surface area contributed by atoms with Gasteiger partial charge in [-0.25, -0.2) is 9.67 Å². The van der Waals surface area contributed by atoms with Crippen LogP contribution in [0.4, 0.5) is 5.69 Å². The first kappa shape index (κ1) is 20.1. The zero-order chi connectivity index (χ0) is 21.3. The van der Waals surface area contributed by atoms with E-state index in [9.17, 15) is 4.79 Å². The largest absolute Gasteiger partial charge is 0.319 e. The molecule has 0 saturated carbocycles. The lowest BCUT2D eigenvalue weighted by Crippen LogP contribution is -2.14. The monoisotopic (exact) mass is 436 g/mol. The van der Waals surface area contributed by atoms with Gasteiger partial charge in [-0.1, -0.05) is 41.4 Å². The summed E-state index contributed by atoms with van der Waals surface area (Å²) in [7, 11) is 0. The Morgan fingerprint density at radius 2 is 1.73 bits per heavy atom. The molecule has 0 fully saturated rings. The van der Waals surface area contributed by atoms with Crippen LogP contribution in [-0.4, -0.2) is 20.7 Å². The summed E-state index contributed by atoms with van der Waals surface area (Å²) in [6.07, 6.45) is 0. The van der Waals surface area contributed by atoms with Crippen molar-refractivity contribution in [2.45, 2.75) is 13.8 Å². The number of aryl methyl sites for hydroxylation is 2. The zero-order valence-electron chi connectivity index (χ0n) is 16.4. The van der Waals surface area contributed by atoms with E-state index >= 15 is 0 Å². The van der Waals surface area contributed by atoms with E-state index in [4.69, 9.17) is 23.2 Å². The molecule has 0 unspecified atom stereocenters. The van der Waals surface area contributed by atoms with Crippen molar-refractivity contribution in [1.29, 1.82) is 0 Å². The number of hydrogen-bond acceptors (Lipinski definition) is 3. The smallest absolute Gasteiger partial charge is 0.295 e. The number of halogens is 2. The Morgan fingerprint density at radius 1 is 0.967 bits per heavy atom. The van der Waals surface area contributed by atoms with Crippen molar-refractivity contribution >= 4 is 34.8 Å². The van der Waals surface area contributed by atoms with E-state index in [1.165, 1.54) is 0 Å². The fourth-order valence-corrected chi connectivity index (χ4v) is 3.30. The Balaban J connectivity index is 1.77. The number of anilines is 1. The van der Waals surface area contributed by atoms with Gasteiger partial charge in [0.2, 0.25) is 5.82 Å². The lowest BCUT2D eigenvalue weighted by Gasteiger charge is -2.07. The number of rotatable bonds is 4. The van der Waals surface area contributed by atoms with Gasteiger partial charge in [0.1, 0.15) is 0 Å². The first-order valence-electron chi connectivity index (χ1n) is 9.28. The molecule has 7 heteroatoms. The summed E-state index contributed by atoms with van der Waals surface area (Å²) in [4.78, 5) is 17.3. The average Bonchev–Trinajstić information content (AvgIpc) is 3.16. The van der Waals surface area contributed by atoms with Gasteiger partial charge in [0.15, 0.2) is 5.82 Å². The van der Waals surface area contributed by atoms with Crippen LogP contribution in [0.25, 0.3) is 17.1 Å². The highest BCUT2D eigenvalue weighted by molar-refractivity contribution is 6.31. The molecule has 1 aromatic heterocycles. The van der Waals surface area contributed by atoms with E-state index in [0.29, 0.717) is 27.2 Å². The zero-order valence-corrected chi connectivity index (χ0v) is 17.9. The summed E-state index contributed by atoms with van der Waals surface area (Å²) >= 11 is 12.3. The third-order valence-electron chi connectivity index (χ3n) is 4.59. The third-order valence-corrected chi connectivity index (χ3v) is 5.25. The summed E-state index contributed by atoms with van der Waals surface area (Å²) in [6, 6.07) is 20.3. The number of nitrogens with zero attached hydrogens (tertiary/aromatic N) is 3. The summed E-state index contributed by atoms with van der Waals surface area (Å²) in [5, 5.41) is 8.54. The van der Waals surface area contributed by atoms with Gasteiger partial charge in [0.05, 0.1) is 5.69 Å². The van der Waals surface area contributed by atoms with Gasteiger partial charge in [0.25, 0.3) is 5.91 Å². The molecule has 4 rings (SSSR count). The van der Waals surface area contributed by atoms with E-state index < -0.39 is 5.91 Å². The molecule has 1 heterocycles. The first-order valence-corrected chi connectivity index (χ1v) is 10.0. The molecule has 0 radical (unpaired) electrons. The second-order valence-electron chi connectivity index (χ2n) is 6.93. The highest BCUT2D eigenvalue weighted by Gasteiger charge is 2.19. The second-order valence-corrected chi connectivity index (χ2v) is 7.78. The van der Waals surface area contributed by atoms with Gasteiger partial charge in [0, 0.05) is 21.3 Å². The minimum atomic E-state index is -0.396. The van der Waals surface area contributed by atoms with Gasteiger partial charge in [-0.2, -0.15) is 0 Å². The van der Waals surface area contributed by atoms with Crippen LogP contribution in [0.1, 0.15) is 21.7 Å². The van der Waals surface area contributed by atoms with Crippen molar-refractivity contribution in [3.63, 3.8) is 0 Å². The number of amides is 1. The normalized spacial score (nSPS) is 10.8. The Labute approximate surface area is 184 Å². The first-order chi connectivity index (χ1) is 14.4. The molecule has 4 aromatic rings. The number of carbonyl (C=O) groups is 1. The molecule has 0 spiro atoms. The number of nitrogens with one attached hydrogen (secondary N) is 1. The van der Waals surface area contributed by atoms with Crippen molar-refractivity contribution in [2.24, 2.45) is 0 Å². The number of aromatic nitrogens is 3. The van der Waals surface area contributed by atoms with Crippen LogP contribution in [0.5, 0.6) is 0 Å². The molecule has 0 atom stereocenters. The van der Waals surface area contributed by atoms with Crippen molar-refractivity contribution in [1.82, 2.24) is 14.8 Å². The fourth-order valence-electron chi connectivity index (χ4n) is 3.00. The molecule has 0 aliphatic heterocycles. The van der Waals surface area contributed by atoms with Crippen LogP contribution in [0, 0.1) is 13.8 Å². The van der Waals surface area contributed by atoms with Gasteiger partial charge < -0.3 is 5.32 Å². The summed E-state index contributed by atoms with van der Waals surface area (Å²) in [6.45, 7) is 3.89. The molecular formula is C23H18Cl2N4O. The highest BCUT2D eigenvalue weighted by atomic mass is 35.5. The molecular weight excluding hydrogens is 419 g/mol. The van der Waals surface area contributed by atoms with Crippen LogP contribution < -0.4 is 5.32 Å². The molecule has 0 aliphatic carbocycles. The Kier molecular flexibility index (Phi) is 5.57. The second kappa shape index (κ2) is 8.30. The molecule has 1 N–H and O–H groups in total. The topological polar surface area (TPSA) is 59.8 Å². The predicted octanol–water partition coefficient (Wildman–Crippen LogP) is 6.11. The highest BCUT2D eigenvalue weighted by Crippen LogP contribution is 2.26. The Bertz CT molecular complexity index is 1230. The van der Waals surface area contributed by atoms with E-state index in [1.54, 1.807) is 22.9 Å². The van der Waals surface area contributed by atoms with Crippen LogP contribution in [0.15, 0.2) is 66.7 Å². The molecule has 0 bridgehead atoms. The van der Waals surface area contributed by atoms with E-state index in [-0.39, 0.29) is 5.82 Å². The summed E-state index contributed by atoms with van der Waals surface area (Å²) in [5.74, 6) is 0.173. The van der Waals surface area contributed by atoms with E-state index in [1.807, 2.05) is 62.4 Å². The van der Waals surface area contributed by atoms with Crippen molar-refractivity contribution < 1.29 is 4.79 Å². The lowest BCUT2D eigenvalue weighted by atomic mass is 10.2.